The normalized spacial score (nSPS) is 14.5. The van der Waals surface area contributed by atoms with Gasteiger partial charge in [-0.2, -0.15) is 0 Å². The molecular formula is C20H16Cl3NO6S. The van der Waals surface area contributed by atoms with Gasteiger partial charge in [0.05, 0.1) is 26.9 Å². The Balaban J connectivity index is 1.87. The second-order valence-corrected chi connectivity index (χ2v) is 10.5. The maximum absolute atomic E-state index is 12.9. The number of rotatable bonds is 7. The van der Waals surface area contributed by atoms with E-state index < -0.39 is 39.4 Å². The van der Waals surface area contributed by atoms with Gasteiger partial charge in [-0.25, -0.2) is 13.2 Å². The molecule has 1 heterocycles. The summed E-state index contributed by atoms with van der Waals surface area (Å²) in [4.78, 5) is 39.3. The lowest BCUT2D eigenvalue weighted by atomic mass is 10.1. The molecular weight excluding hydrogens is 489 g/mol. The first kappa shape index (κ1) is 23.5. The monoisotopic (exact) mass is 503 g/mol. The summed E-state index contributed by atoms with van der Waals surface area (Å²) in [6.07, 6.45) is 0.677. The van der Waals surface area contributed by atoms with Crippen LogP contribution >= 0.6 is 34.8 Å². The second kappa shape index (κ2) is 9.16. The number of hydrogen-bond donors (Lipinski definition) is 0. The molecule has 0 aromatic heterocycles. The number of halogens is 3. The van der Waals surface area contributed by atoms with Crippen LogP contribution < -0.4 is 0 Å². The van der Waals surface area contributed by atoms with Crippen molar-refractivity contribution in [2.45, 2.75) is 19.1 Å². The summed E-state index contributed by atoms with van der Waals surface area (Å²) < 4.78 is 28.6. The molecule has 31 heavy (non-hydrogen) atoms. The Bertz CT molecular complexity index is 1120. The minimum Gasteiger partial charge on any atom is -0.459 e. The van der Waals surface area contributed by atoms with Crippen LogP contribution in [0.3, 0.4) is 0 Å². The van der Waals surface area contributed by atoms with Crippen LogP contribution in [0.25, 0.3) is 0 Å². The van der Waals surface area contributed by atoms with Crippen LogP contribution in [-0.4, -0.2) is 49.2 Å². The molecule has 1 unspecified atom stereocenters. The van der Waals surface area contributed by atoms with E-state index in [0.717, 1.165) is 6.26 Å². The predicted octanol–water partition coefficient (Wildman–Crippen LogP) is 3.79. The quantitative estimate of drug-likeness (QED) is 0.420. The van der Waals surface area contributed by atoms with Crippen molar-refractivity contribution in [3.63, 3.8) is 0 Å². The van der Waals surface area contributed by atoms with Crippen LogP contribution in [0, 0.1) is 0 Å². The van der Waals surface area contributed by atoms with Gasteiger partial charge in [-0.3, -0.25) is 14.5 Å². The Labute approximate surface area is 193 Å². The van der Waals surface area contributed by atoms with Crippen molar-refractivity contribution in [1.82, 2.24) is 4.90 Å². The average Bonchev–Trinajstić information content (AvgIpc) is 2.92. The van der Waals surface area contributed by atoms with Crippen LogP contribution in [0.2, 0.25) is 15.1 Å². The van der Waals surface area contributed by atoms with E-state index in [1.807, 2.05) is 0 Å². The Morgan fingerprint density at radius 3 is 2.00 bits per heavy atom. The first-order chi connectivity index (χ1) is 14.5. The molecule has 2 aromatic rings. The Morgan fingerprint density at radius 2 is 1.52 bits per heavy atom. The summed E-state index contributed by atoms with van der Waals surface area (Å²) in [6, 6.07) is 7.57. The summed E-state index contributed by atoms with van der Waals surface area (Å²) in [5.74, 6) is -2.89. The van der Waals surface area contributed by atoms with E-state index in [9.17, 15) is 22.8 Å². The molecule has 0 bridgehead atoms. The number of benzene rings is 2. The number of nitrogens with zero attached hydrogens (tertiary/aromatic N) is 1. The minimum absolute atomic E-state index is 0.0192. The highest BCUT2D eigenvalue weighted by molar-refractivity contribution is 7.90. The van der Waals surface area contributed by atoms with Crippen molar-refractivity contribution < 1.29 is 27.5 Å². The van der Waals surface area contributed by atoms with Crippen molar-refractivity contribution in [1.29, 1.82) is 0 Å². The van der Waals surface area contributed by atoms with E-state index in [1.54, 1.807) is 24.3 Å². The number of hydrogen-bond acceptors (Lipinski definition) is 6. The van der Waals surface area contributed by atoms with Crippen LogP contribution in [0.1, 0.15) is 32.7 Å². The molecule has 2 aromatic carbocycles. The van der Waals surface area contributed by atoms with Crippen molar-refractivity contribution in [2.24, 2.45) is 0 Å². The van der Waals surface area contributed by atoms with Gasteiger partial charge < -0.3 is 4.74 Å². The zero-order valence-corrected chi connectivity index (χ0v) is 19.2. The minimum atomic E-state index is -3.48. The van der Waals surface area contributed by atoms with E-state index in [-0.39, 0.29) is 34.2 Å². The fourth-order valence-electron chi connectivity index (χ4n) is 3.04. The average molecular weight is 505 g/mol. The zero-order chi connectivity index (χ0) is 22.9. The SMILES string of the molecule is CS(=O)(=O)CCC(C(=O)OCc1ccc(Cl)cc1)N1C(=O)c2cc(Cl)c(Cl)cc2C1=O. The molecule has 1 atom stereocenters. The third-order valence-electron chi connectivity index (χ3n) is 4.60. The highest BCUT2D eigenvalue weighted by Gasteiger charge is 2.44. The first-order valence-electron chi connectivity index (χ1n) is 8.93. The lowest BCUT2D eigenvalue weighted by Crippen LogP contribution is -2.46. The van der Waals surface area contributed by atoms with E-state index in [0.29, 0.717) is 15.5 Å². The molecule has 1 aliphatic rings. The Hall–Kier alpha value is -2.13. The van der Waals surface area contributed by atoms with Gasteiger partial charge in [0.2, 0.25) is 0 Å². The maximum Gasteiger partial charge on any atom is 0.329 e. The molecule has 3 rings (SSSR count). The van der Waals surface area contributed by atoms with Gasteiger partial charge in [0.25, 0.3) is 11.8 Å². The highest BCUT2D eigenvalue weighted by Crippen LogP contribution is 2.33. The van der Waals surface area contributed by atoms with Crippen molar-refractivity contribution >= 4 is 62.4 Å². The van der Waals surface area contributed by atoms with Gasteiger partial charge in [-0.15, -0.1) is 0 Å². The highest BCUT2D eigenvalue weighted by atomic mass is 35.5. The summed E-state index contributed by atoms with van der Waals surface area (Å²) in [6.45, 7) is -0.147. The third kappa shape index (κ3) is 5.38. The summed E-state index contributed by atoms with van der Waals surface area (Å²) in [7, 11) is -3.48. The van der Waals surface area contributed by atoms with Crippen LogP contribution in [-0.2, 0) is 26.0 Å². The molecule has 164 valence electrons. The van der Waals surface area contributed by atoms with Crippen molar-refractivity contribution in [3.8, 4) is 0 Å². The number of ether oxygens (including phenoxy) is 1. The van der Waals surface area contributed by atoms with Crippen molar-refractivity contribution in [3.05, 3.63) is 68.2 Å². The van der Waals surface area contributed by atoms with Gasteiger partial charge in [0.1, 0.15) is 22.5 Å². The zero-order valence-electron chi connectivity index (χ0n) is 16.1. The fourth-order valence-corrected chi connectivity index (χ4v) is 4.15. The maximum atomic E-state index is 12.9. The predicted molar refractivity (Wildman–Crippen MR) is 116 cm³/mol. The fraction of sp³-hybridized carbons (Fsp3) is 0.250. The third-order valence-corrected chi connectivity index (χ3v) is 6.55. The molecule has 0 N–H and O–H groups in total. The molecule has 0 fully saturated rings. The topological polar surface area (TPSA) is 97.8 Å². The molecule has 0 saturated heterocycles. The first-order valence-corrected chi connectivity index (χ1v) is 12.1. The molecule has 7 nitrogen and oxygen atoms in total. The molecule has 2 amide bonds. The lowest BCUT2D eigenvalue weighted by molar-refractivity contribution is -0.149. The van der Waals surface area contributed by atoms with Crippen LogP contribution in [0.4, 0.5) is 0 Å². The number of esters is 1. The van der Waals surface area contributed by atoms with Gasteiger partial charge in [-0.05, 0) is 36.2 Å². The number of imide groups is 1. The van der Waals surface area contributed by atoms with Gasteiger partial charge in [0, 0.05) is 11.3 Å². The molecule has 0 aliphatic carbocycles. The molecule has 0 saturated carbocycles. The molecule has 11 heteroatoms. The number of carbonyl (C=O) groups is 3. The number of fused-ring (bicyclic) bond motifs is 1. The standard InChI is InChI=1S/C20H16Cl3NO6S/c1-31(28,29)7-6-17(20(27)30-10-11-2-4-12(21)5-3-11)24-18(25)13-8-15(22)16(23)9-14(13)19(24)26/h2-5,8-9,17H,6-7,10H2,1H3. The van der Waals surface area contributed by atoms with Gasteiger partial charge in [0.15, 0.2) is 0 Å². The largest absolute Gasteiger partial charge is 0.459 e. The summed E-state index contributed by atoms with van der Waals surface area (Å²) in [5, 5.41) is 0.646. The van der Waals surface area contributed by atoms with E-state index >= 15 is 0 Å². The van der Waals surface area contributed by atoms with Crippen LogP contribution in [0.15, 0.2) is 36.4 Å². The number of sulfone groups is 1. The van der Waals surface area contributed by atoms with Gasteiger partial charge in [-0.1, -0.05) is 46.9 Å². The van der Waals surface area contributed by atoms with E-state index in [1.165, 1.54) is 12.1 Å². The van der Waals surface area contributed by atoms with E-state index in [2.05, 4.69) is 0 Å². The van der Waals surface area contributed by atoms with E-state index in [4.69, 9.17) is 39.5 Å². The summed E-state index contributed by atoms with van der Waals surface area (Å²) >= 11 is 17.7. The molecule has 0 radical (unpaired) electrons. The summed E-state index contributed by atoms with van der Waals surface area (Å²) in [5.41, 5.74) is 0.587. The lowest BCUT2D eigenvalue weighted by Gasteiger charge is -2.24. The smallest absolute Gasteiger partial charge is 0.329 e. The number of amides is 2. The number of carbonyl (C=O) groups excluding carboxylic acids is 3. The Morgan fingerprint density at radius 1 is 1.00 bits per heavy atom. The van der Waals surface area contributed by atoms with Crippen LogP contribution in [0.5, 0.6) is 0 Å². The second-order valence-electron chi connectivity index (χ2n) is 6.96. The molecule has 0 spiro atoms. The van der Waals surface area contributed by atoms with Crippen molar-refractivity contribution in [2.75, 3.05) is 12.0 Å². The Kier molecular flexibility index (Phi) is 6.95. The van der Waals surface area contributed by atoms with Gasteiger partial charge >= 0.3 is 5.97 Å². The molecule has 1 aliphatic heterocycles.